The summed E-state index contributed by atoms with van der Waals surface area (Å²) in [5.41, 5.74) is 1.16. The number of amides is 1. The van der Waals surface area contributed by atoms with Gasteiger partial charge in [0.05, 0.1) is 18.8 Å². The first-order valence-corrected chi connectivity index (χ1v) is 7.87. The molecule has 0 spiro atoms. The third-order valence-electron chi connectivity index (χ3n) is 3.66. The smallest absolute Gasteiger partial charge is 0.251 e. The van der Waals surface area contributed by atoms with Crippen molar-refractivity contribution in [2.45, 2.75) is 26.0 Å². The molecule has 2 aromatic rings. The van der Waals surface area contributed by atoms with Crippen molar-refractivity contribution < 1.29 is 19.0 Å². The summed E-state index contributed by atoms with van der Waals surface area (Å²) in [4.78, 5) is 12.4. The molecule has 0 saturated heterocycles. The highest BCUT2D eigenvalue weighted by Crippen LogP contribution is 2.32. The Kier molecular flexibility index (Phi) is 4.71. The predicted molar refractivity (Wildman–Crippen MR) is 90.2 cm³/mol. The Hall–Kier alpha value is -2.53. The van der Waals surface area contributed by atoms with Gasteiger partial charge in [-0.25, -0.2) is 0 Å². The van der Waals surface area contributed by atoms with E-state index in [9.17, 15) is 4.79 Å². The summed E-state index contributed by atoms with van der Waals surface area (Å²) >= 11 is 0. The van der Waals surface area contributed by atoms with Gasteiger partial charge in [0.25, 0.3) is 5.91 Å². The van der Waals surface area contributed by atoms with Crippen LogP contribution >= 0.6 is 0 Å². The van der Waals surface area contributed by atoms with Crippen molar-refractivity contribution >= 4 is 5.91 Å². The second kappa shape index (κ2) is 6.93. The van der Waals surface area contributed by atoms with Crippen molar-refractivity contribution in [3.05, 3.63) is 59.7 Å². The van der Waals surface area contributed by atoms with Gasteiger partial charge < -0.3 is 19.5 Å². The first-order chi connectivity index (χ1) is 11.5. The van der Waals surface area contributed by atoms with Gasteiger partial charge >= 0.3 is 0 Å². The minimum Gasteiger partial charge on any atom is -0.454 e. The predicted octanol–water partition coefficient (Wildman–Crippen LogP) is 3.14. The van der Waals surface area contributed by atoms with E-state index in [1.165, 1.54) is 0 Å². The number of carbonyl (C=O) groups is 1. The summed E-state index contributed by atoms with van der Waals surface area (Å²) in [6, 6.07) is 15.1. The van der Waals surface area contributed by atoms with E-state index in [0.29, 0.717) is 30.3 Å². The molecule has 0 bridgehead atoms. The Bertz CT molecular complexity index is 713. The molecule has 126 valence electrons. The summed E-state index contributed by atoms with van der Waals surface area (Å²) in [5, 5.41) is 2.99. The van der Waals surface area contributed by atoms with E-state index in [0.717, 1.165) is 5.56 Å². The van der Waals surface area contributed by atoms with Crippen LogP contribution in [0.3, 0.4) is 0 Å². The lowest BCUT2D eigenvalue weighted by Gasteiger charge is -2.26. The van der Waals surface area contributed by atoms with Crippen LogP contribution in [-0.2, 0) is 11.3 Å². The average Bonchev–Trinajstić information content (AvgIpc) is 3.02. The Morgan fingerprint density at radius 2 is 1.88 bits per heavy atom. The highest BCUT2D eigenvalue weighted by Gasteiger charge is 2.23. The van der Waals surface area contributed by atoms with Crippen molar-refractivity contribution in [2.24, 2.45) is 0 Å². The van der Waals surface area contributed by atoms with Crippen molar-refractivity contribution in [1.82, 2.24) is 5.32 Å². The standard InChI is InChI=1S/C19H21NO4/c1-19(2,12-22-11-14-6-4-3-5-7-14)20-18(21)15-8-9-16-17(10-15)24-13-23-16/h3-10H,11-13H2,1-2H3,(H,20,21). The topological polar surface area (TPSA) is 56.8 Å². The van der Waals surface area contributed by atoms with E-state index in [4.69, 9.17) is 14.2 Å². The highest BCUT2D eigenvalue weighted by molar-refractivity contribution is 5.95. The van der Waals surface area contributed by atoms with Crippen LogP contribution in [0.4, 0.5) is 0 Å². The summed E-state index contributed by atoms with van der Waals surface area (Å²) < 4.78 is 16.3. The molecule has 1 heterocycles. The van der Waals surface area contributed by atoms with Gasteiger partial charge in [-0.1, -0.05) is 30.3 Å². The van der Waals surface area contributed by atoms with Crippen LogP contribution in [0.25, 0.3) is 0 Å². The lowest BCUT2D eigenvalue weighted by atomic mass is 10.1. The molecule has 5 nitrogen and oxygen atoms in total. The summed E-state index contributed by atoms with van der Waals surface area (Å²) in [6.45, 7) is 4.99. The maximum absolute atomic E-state index is 12.4. The van der Waals surface area contributed by atoms with E-state index in [1.807, 2.05) is 44.2 Å². The molecule has 5 heteroatoms. The van der Waals surface area contributed by atoms with Gasteiger partial charge in [-0.2, -0.15) is 0 Å². The maximum atomic E-state index is 12.4. The minimum absolute atomic E-state index is 0.165. The van der Waals surface area contributed by atoms with E-state index >= 15 is 0 Å². The van der Waals surface area contributed by atoms with Crippen LogP contribution in [0.15, 0.2) is 48.5 Å². The molecule has 0 fully saturated rings. The molecule has 3 rings (SSSR count). The number of benzene rings is 2. The van der Waals surface area contributed by atoms with Crippen LogP contribution in [0, 0.1) is 0 Å². The molecule has 24 heavy (non-hydrogen) atoms. The second-order valence-corrected chi connectivity index (χ2v) is 6.38. The lowest BCUT2D eigenvalue weighted by molar-refractivity contribution is 0.0616. The van der Waals surface area contributed by atoms with Crippen LogP contribution in [0.2, 0.25) is 0 Å². The summed E-state index contributed by atoms with van der Waals surface area (Å²) in [7, 11) is 0. The number of ether oxygens (including phenoxy) is 3. The van der Waals surface area contributed by atoms with E-state index in [1.54, 1.807) is 18.2 Å². The normalized spacial score (nSPS) is 12.9. The molecule has 2 aromatic carbocycles. The molecule has 1 aliphatic heterocycles. The molecular formula is C19H21NO4. The number of nitrogens with one attached hydrogen (secondary N) is 1. The molecule has 0 aliphatic carbocycles. The third-order valence-corrected chi connectivity index (χ3v) is 3.66. The van der Waals surface area contributed by atoms with Crippen molar-refractivity contribution in [1.29, 1.82) is 0 Å². The Morgan fingerprint density at radius 1 is 1.12 bits per heavy atom. The molecule has 0 atom stereocenters. The van der Waals surface area contributed by atoms with Gasteiger partial charge in [0.15, 0.2) is 11.5 Å². The lowest BCUT2D eigenvalue weighted by Crippen LogP contribution is -2.47. The highest BCUT2D eigenvalue weighted by atomic mass is 16.7. The van der Waals surface area contributed by atoms with Gasteiger partial charge in [0, 0.05) is 5.56 Å². The first-order valence-electron chi connectivity index (χ1n) is 7.87. The fraction of sp³-hybridized carbons (Fsp3) is 0.316. The SMILES string of the molecule is CC(C)(COCc1ccccc1)NC(=O)c1ccc2c(c1)OCO2. The van der Waals surface area contributed by atoms with Crippen molar-refractivity contribution in [3.63, 3.8) is 0 Å². The van der Waals surface area contributed by atoms with Crippen molar-refractivity contribution in [3.8, 4) is 11.5 Å². The Labute approximate surface area is 141 Å². The second-order valence-electron chi connectivity index (χ2n) is 6.38. The van der Waals surface area contributed by atoms with E-state index in [-0.39, 0.29) is 12.7 Å². The molecular weight excluding hydrogens is 306 g/mol. The molecule has 1 amide bonds. The van der Waals surface area contributed by atoms with Gasteiger partial charge in [0.2, 0.25) is 6.79 Å². The molecule has 0 radical (unpaired) electrons. The largest absolute Gasteiger partial charge is 0.454 e. The number of rotatable bonds is 6. The van der Waals surface area contributed by atoms with Crippen LogP contribution in [0.1, 0.15) is 29.8 Å². The quantitative estimate of drug-likeness (QED) is 0.885. The zero-order chi connectivity index (χ0) is 17.0. The summed E-state index contributed by atoms with van der Waals surface area (Å²) in [5.74, 6) is 1.10. The van der Waals surface area contributed by atoms with E-state index in [2.05, 4.69) is 5.32 Å². The van der Waals surface area contributed by atoms with E-state index < -0.39 is 5.54 Å². The minimum atomic E-state index is -0.484. The molecule has 0 saturated carbocycles. The number of carbonyl (C=O) groups excluding carboxylic acids is 1. The van der Waals surface area contributed by atoms with Crippen LogP contribution < -0.4 is 14.8 Å². The van der Waals surface area contributed by atoms with Crippen molar-refractivity contribution in [2.75, 3.05) is 13.4 Å². The van der Waals surface area contributed by atoms with Gasteiger partial charge in [0.1, 0.15) is 0 Å². The number of fused-ring (bicyclic) bond motifs is 1. The average molecular weight is 327 g/mol. The zero-order valence-corrected chi connectivity index (χ0v) is 13.9. The number of hydrogen-bond donors (Lipinski definition) is 1. The fourth-order valence-electron chi connectivity index (χ4n) is 2.45. The Balaban J connectivity index is 1.54. The molecule has 1 aliphatic rings. The molecule has 1 N–H and O–H groups in total. The van der Waals surface area contributed by atoms with Gasteiger partial charge in [-0.05, 0) is 37.6 Å². The third kappa shape index (κ3) is 4.06. The van der Waals surface area contributed by atoms with Gasteiger partial charge in [-0.3, -0.25) is 4.79 Å². The monoisotopic (exact) mass is 327 g/mol. The summed E-state index contributed by atoms with van der Waals surface area (Å²) in [6.07, 6.45) is 0. The first kappa shape index (κ1) is 16.3. The van der Waals surface area contributed by atoms with Crippen LogP contribution in [-0.4, -0.2) is 24.8 Å². The molecule has 0 unspecified atom stereocenters. The number of hydrogen-bond acceptors (Lipinski definition) is 4. The zero-order valence-electron chi connectivity index (χ0n) is 13.9. The van der Waals surface area contributed by atoms with Gasteiger partial charge in [-0.15, -0.1) is 0 Å². The van der Waals surface area contributed by atoms with Crippen LogP contribution in [0.5, 0.6) is 11.5 Å². The Morgan fingerprint density at radius 3 is 2.67 bits per heavy atom. The maximum Gasteiger partial charge on any atom is 0.251 e. The molecule has 0 aromatic heterocycles. The fourth-order valence-corrected chi connectivity index (χ4v) is 2.45.